The summed E-state index contributed by atoms with van der Waals surface area (Å²) in [4.78, 5) is 48.2. The van der Waals surface area contributed by atoms with Crippen LogP contribution in [0, 0.1) is 0 Å². The number of rotatable bonds is 2. The average molecular weight is 559 g/mol. The fourth-order valence-corrected chi connectivity index (χ4v) is 4.52. The van der Waals surface area contributed by atoms with Gasteiger partial charge in [0.15, 0.2) is 0 Å². The van der Waals surface area contributed by atoms with Gasteiger partial charge in [-0.25, -0.2) is 29.2 Å². The second-order valence-corrected chi connectivity index (χ2v) is 13.4. The van der Waals surface area contributed by atoms with E-state index in [1.54, 1.807) is 46.4 Å². The van der Waals surface area contributed by atoms with Crippen molar-refractivity contribution in [1.29, 1.82) is 0 Å². The fraction of sp³-hybridized carbons (Fsp3) is 0.667. The first-order valence-corrected chi connectivity index (χ1v) is 14.1. The Hall–Kier alpha value is -3.30. The van der Waals surface area contributed by atoms with Crippen molar-refractivity contribution >= 4 is 29.9 Å². The van der Waals surface area contributed by atoms with Crippen molar-refractivity contribution in [2.45, 2.75) is 104 Å². The summed E-state index contributed by atoms with van der Waals surface area (Å²) < 4.78 is 16.8. The first kappa shape index (κ1) is 31.2. The zero-order valence-corrected chi connectivity index (χ0v) is 25.6. The fourth-order valence-electron chi connectivity index (χ4n) is 4.52. The van der Waals surface area contributed by atoms with E-state index in [4.69, 9.17) is 19.2 Å². The van der Waals surface area contributed by atoms with Gasteiger partial charge in [-0.05, 0) is 105 Å². The minimum Gasteiger partial charge on any atom is -0.444 e. The summed E-state index contributed by atoms with van der Waals surface area (Å²) in [6, 6.07) is 7.81. The van der Waals surface area contributed by atoms with Crippen LogP contribution in [-0.4, -0.2) is 81.9 Å². The van der Waals surface area contributed by atoms with Gasteiger partial charge in [0, 0.05) is 26.2 Å². The van der Waals surface area contributed by atoms with E-state index in [-0.39, 0.29) is 18.0 Å². The Morgan fingerprint density at radius 1 is 0.725 bits per heavy atom. The van der Waals surface area contributed by atoms with Crippen LogP contribution in [0.3, 0.4) is 0 Å². The molecule has 0 radical (unpaired) electrons. The molecule has 0 aliphatic carbocycles. The van der Waals surface area contributed by atoms with Crippen molar-refractivity contribution in [3.05, 3.63) is 29.8 Å². The van der Waals surface area contributed by atoms with Gasteiger partial charge < -0.3 is 19.1 Å². The number of nitrogens with zero attached hydrogens (tertiary/aromatic N) is 4. The Labute approximate surface area is 238 Å². The molecule has 2 fully saturated rings. The van der Waals surface area contributed by atoms with Crippen molar-refractivity contribution in [3.63, 3.8) is 0 Å². The Morgan fingerprint density at radius 3 is 1.68 bits per heavy atom. The summed E-state index contributed by atoms with van der Waals surface area (Å²) in [6.07, 6.45) is 0.747. The van der Waals surface area contributed by atoms with Gasteiger partial charge in [-0.15, -0.1) is 0 Å². The smallest absolute Gasteiger partial charge is 0.417 e. The molecule has 1 aromatic rings. The number of hydrogen-bond donors (Lipinski definition) is 0. The third-order valence-electron chi connectivity index (χ3n) is 6.19. The lowest BCUT2D eigenvalue weighted by Crippen LogP contribution is -2.56. The predicted octanol–water partition coefficient (Wildman–Crippen LogP) is 6.67. The minimum atomic E-state index is -0.704. The number of guanidine groups is 1. The third kappa shape index (κ3) is 9.13. The van der Waals surface area contributed by atoms with E-state index in [1.807, 2.05) is 39.0 Å². The topological polar surface area (TPSA) is 101 Å². The molecule has 0 atom stereocenters. The van der Waals surface area contributed by atoms with Crippen LogP contribution in [0.2, 0.25) is 0 Å². The summed E-state index contributed by atoms with van der Waals surface area (Å²) >= 11 is 0. The summed E-state index contributed by atoms with van der Waals surface area (Å²) in [5, 5.41) is 0. The predicted molar refractivity (Wildman–Crippen MR) is 154 cm³/mol. The monoisotopic (exact) mass is 558 g/mol. The Balaban J connectivity index is 1.85. The molecule has 2 heterocycles. The molecule has 3 rings (SSSR count). The molecular formula is C30H46N4O6. The Morgan fingerprint density at radius 2 is 1.20 bits per heavy atom. The quantitative estimate of drug-likeness (QED) is 0.376. The van der Waals surface area contributed by atoms with Gasteiger partial charge in [-0.3, -0.25) is 0 Å². The van der Waals surface area contributed by atoms with Gasteiger partial charge in [-0.1, -0.05) is 12.1 Å². The maximum atomic E-state index is 13.2. The van der Waals surface area contributed by atoms with Crippen LogP contribution >= 0.6 is 0 Å². The molecule has 0 bridgehead atoms. The number of amides is 3. The second kappa shape index (κ2) is 12.1. The lowest BCUT2D eigenvalue weighted by atomic mass is 9.89. The molecule has 2 aliphatic rings. The second-order valence-electron chi connectivity index (χ2n) is 13.4. The van der Waals surface area contributed by atoms with E-state index in [0.29, 0.717) is 38.3 Å². The normalized spacial score (nSPS) is 17.4. The van der Waals surface area contributed by atoms with E-state index in [1.165, 1.54) is 9.80 Å². The van der Waals surface area contributed by atoms with Crippen LogP contribution in [0.5, 0.6) is 0 Å². The van der Waals surface area contributed by atoms with Crippen LogP contribution in [0.1, 0.15) is 93.1 Å². The van der Waals surface area contributed by atoms with Gasteiger partial charge >= 0.3 is 18.3 Å². The van der Waals surface area contributed by atoms with Crippen LogP contribution in [-0.2, 0) is 14.2 Å². The van der Waals surface area contributed by atoms with Crippen LogP contribution < -0.4 is 0 Å². The molecule has 10 nitrogen and oxygen atoms in total. The van der Waals surface area contributed by atoms with Gasteiger partial charge in [0.1, 0.15) is 16.8 Å². The molecule has 40 heavy (non-hydrogen) atoms. The number of ether oxygens (including phenoxy) is 3. The van der Waals surface area contributed by atoms with E-state index >= 15 is 0 Å². The molecular weight excluding hydrogens is 512 g/mol. The number of aliphatic imine (C=N–C) groups is 1. The first-order valence-electron chi connectivity index (χ1n) is 14.1. The lowest BCUT2D eigenvalue weighted by molar-refractivity contribution is 0.0196. The highest BCUT2D eigenvalue weighted by molar-refractivity contribution is 6.03. The molecule has 0 unspecified atom stereocenters. The highest BCUT2D eigenvalue weighted by Crippen LogP contribution is 2.31. The third-order valence-corrected chi connectivity index (χ3v) is 6.19. The van der Waals surface area contributed by atoms with Crippen molar-refractivity contribution in [1.82, 2.24) is 14.7 Å². The van der Waals surface area contributed by atoms with Crippen LogP contribution in [0.4, 0.5) is 20.1 Å². The number of carbonyl (C=O) groups is 3. The van der Waals surface area contributed by atoms with Gasteiger partial charge in [-0.2, -0.15) is 0 Å². The van der Waals surface area contributed by atoms with Gasteiger partial charge in [0.25, 0.3) is 0 Å². The molecule has 1 aromatic carbocycles. The maximum Gasteiger partial charge on any atom is 0.417 e. The Bertz CT molecular complexity index is 1070. The zero-order valence-electron chi connectivity index (χ0n) is 25.6. The lowest BCUT2D eigenvalue weighted by Gasteiger charge is -2.37. The van der Waals surface area contributed by atoms with Gasteiger partial charge in [0.05, 0.1) is 5.69 Å². The summed E-state index contributed by atoms with van der Waals surface area (Å²) in [7, 11) is 0. The van der Waals surface area contributed by atoms with E-state index < -0.39 is 29.0 Å². The first-order chi connectivity index (χ1) is 18.4. The maximum absolute atomic E-state index is 13.2. The van der Waals surface area contributed by atoms with E-state index in [9.17, 15) is 14.4 Å². The molecule has 2 saturated heterocycles. The van der Waals surface area contributed by atoms with Crippen LogP contribution in [0.15, 0.2) is 29.3 Å². The van der Waals surface area contributed by atoms with E-state index in [2.05, 4.69) is 6.07 Å². The number of carbonyl (C=O) groups excluding carboxylic acids is 3. The summed E-state index contributed by atoms with van der Waals surface area (Å²) in [5.74, 6) is 0.431. The molecule has 2 aliphatic heterocycles. The van der Waals surface area contributed by atoms with E-state index in [0.717, 1.165) is 18.4 Å². The van der Waals surface area contributed by atoms with Crippen LogP contribution in [0.25, 0.3) is 0 Å². The molecule has 0 saturated carbocycles. The highest BCUT2D eigenvalue weighted by Gasteiger charge is 2.37. The minimum absolute atomic E-state index is 0.187. The molecule has 3 amide bonds. The van der Waals surface area contributed by atoms with Crippen molar-refractivity contribution < 1.29 is 28.6 Å². The molecule has 0 aromatic heterocycles. The Kier molecular flexibility index (Phi) is 9.42. The van der Waals surface area contributed by atoms with Crippen molar-refractivity contribution in [2.24, 2.45) is 4.99 Å². The molecule has 222 valence electrons. The van der Waals surface area contributed by atoms with Crippen molar-refractivity contribution in [3.8, 4) is 0 Å². The molecule has 10 heteroatoms. The SMILES string of the molecule is CC(C)(C)OC(=O)N1CCC(c2cccc(N=C3N(C(=O)OC(C)(C)C)CCCN3C(=O)OC(C)(C)C)c2)CC1. The number of hydrogen-bond acceptors (Lipinski definition) is 7. The zero-order chi connectivity index (χ0) is 29.9. The largest absolute Gasteiger partial charge is 0.444 e. The summed E-state index contributed by atoms with van der Waals surface area (Å²) in [5.41, 5.74) is -0.226. The molecule has 0 spiro atoms. The average Bonchev–Trinajstić information content (AvgIpc) is 2.81. The van der Waals surface area contributed by atoms with Crippen molar-refractivity contribution in [2.75, 3.05) is 26.2 Å². The standard InChI is InChI=1S/C30H46N4O6/c1-28(2,3)38-25(35)32-18-14-21(15-19-32)22-12-10-13-23(20-22)31-24-33(26(36)39-29(4,5)6)16-11-17-34(24)27(37)40-30(7,8)9/h10,12-13,20-21H,11,14-19H2,1-9H3. The number of likely N-dealkylation sites (tertiary alicyclic amines) is 1. The summed E-state index contributed by atoms with van der Waals surface area (Å²) in [6.45, 7) is 18.4. The number of piperidine rings is 1. The molecule has 0 N–H and O–H groups in total. The number of benzene rings is 1. The van der Waals surface area contributed by atoms with Gasteiger partial charge in [0.2, 0.25) is 5.96 Å². The highest BCUT2D eigenvalue weighted by atomic mass is 16.6.